The molecule has 88 valence electrons. The van der Waals surface area contributed by atoms with Gasteiger partial charge in [-0.1, -0.05) is 27.2 Å². The van der Waals surface area contributed by atoms with Gasteiger partial charge in [0.1, 0.15) is 0 Å². The molecule has 1 N–H and O–H groups in total. The molecule has 1 saturated heterocycles. The molecule has 0 aromatic heterocycles. The Balaban J connectivity index is 3.10. The average molecular weight is 213 g/mol. The number of amides is 1. The van der Waals surface area contributed by atoms with Gasteiger partial charge in [0, 0.05) is 18.4 Å². The molecule has 0 spiro atoms. The lowest BCUT2D eigenvalue weighted by Crippen LogP contribution is -2.51. The monoisotopic (exact) mass is 213 g/mol. The lowest BCUT2D eigenvalue weighted by atomic mass is 9.67. The summed E-state index contributed by atoms with van der Waals surface area (Å²) in [6.45, 7) is 8.27. The summed E-state index contributed by atoms with van der Waals surface area (Å²) in [4.78, 5) is 13.8. The summed E-state index contributed by atoms with van der Waals surface area (Å²) >= 11 is 0. The van der Waals surface area contributed by atoms with Crippen LogP contribution in [0.2, 0.25) is 0 Å². The molecule has 3 heteroatoms. The summed E-state index contributed by atoms with van der Waals surface area (Å²) < 4.78 is 0. The van der Waals surface area contributed by atoms with Crippen LogP contribution in [-0.4, -0.2) is 35.1 Å². The number of likely N-dealkylation sites (N-methyl/N-ethyl adjacent to an activating group) is 1. The molecule has 2 unspecified atom stereocenters. The van der Waals surface area contributed by atoms with Crippen LogP contribution in [-0.2, 0) is 4.79 Å². The highest BCUT2D eigenvalue weighted by Gasteiger charge is 2.58. The molecule has 2 atom stereocenters. The first-order valence-electron chi connectivity index (χ1n) is 5.71. The number of carbonyl (C=O) groups is 1. The first-order chi connectivity index (χ1) is 6.82. The molecule has 1 fully saturated rings. The zero-order valence-electron chi connectivity index (χ0n) is 10.5. The summed E-state index contributed by atoms with van der Waals surface area (Å²) in [5, 5.41) is 9.54. The van der Waals surface area contributed by atoms with Gasteiger partial charge in [-0.3, -0.25) is 4.79 Å². The molecule has 1 heterocycles. The van der Waals surface area contributed by atoms with E-state index in [1.807, 2.05) is 6.92 Å². The van der Waals surface area contributed by atoms with Crippen molar-refractivity contribution in [1.29, 1.82) is 0 Å². The van der Waals surface area contributed by atoms with E-state index in [1.165, 1.54) is 0 Å². The minimum Gasteiger partial charge on any atom is -0.394 e. The molecule has 1 aliphatic heterocycles. The predicted octanol–water partition coefficient (Wildman–Crippen LogP) is 1.65. The summed E-state index contributed by atoms with van der Waals surface area (Å²) in [6.07, 6.45) is 1.92. The zero-order valence-corrected chi connectivity index (χ0v) is 10.5. The number of aliphatic hydroxyl groups is 1. The maximum absolute atomic E-state index is 12.1. The fourth-order valence-corrected chi connectivity index (χ4v) is 2.68. The Morgan fingerprint density at radius 2 is 1.93 bits per heavy atom. The standard InChI is InChI=1S/C12H23NO2/c1-6-7-9-10(15)13(5)12(4,8-14)11(9,2)3/h9,14H,6-8H2,1-5H3. The fraction of sp³-hybridized carbons (Fsp3) is 0.917. The Hall–Kier alpha value is -0.570. The van der Waals surface area contributed by atoms with E-state index in [9.17, 15) is 9.90 Å². The zero-order chi connectivity index (χ0) is 11.9. The third-order valence-corrected chi connectivity index (χ3v) is 4.51. The van der Waals surface area contributed by atoms with Crippen LogP contribution in [0.25, 0.3) is 0 Å². The van der Waals surface area contributed by atoms with Crippen molar-refractivity contribution in [3.63, 3.8) is 0 Å². The van der Waals surface area contributed by atoms with Crippen LogP contribution in [0.5, 0.6) is 0 Å². The number of likely N-dealkylation sites (tertiary alicyclic amines) is 1. The molecule has 1 amide bonds. The molecule has 1 rings (SSSR count). The van der Waals surface area contributed by atoms with Crippen molar-refractivity contribution in [1.82, 2.24) is 4.90 Å². The minimum atomic E-state index is -0.427. The van der Waals surface area contributed by atoms with Crippen LogP contribution in [0.4, 0.5) is 0 Å². The van der Waals surface area contributed by atoms with Gasteiger partial charge in [-0.15, -0.1) is 0 Å². The lowest BCUT2D eigenvalue weighted by Gasteiger charge is -2.42. The number of aliphatic hydroxyl groups excluding tert-OH is 1. The first-order valence-corrected chi connectivity index (χ1v) is 5.71. The third kappa shape index (κ3) is 1.48. The van der Waals surface area contributed by atoms with Crippen molar-refractivity contribution in [3.8, 4) is 0 Å². The van der Waals surface area contributed by atoms with E-state index in [-0.39, 0.29) is 23.8 Å². The van der Waals surface area contributed by atoms with E-state index >= 15 is 0 Å². The predicted molar refractivity (Wildman–Crippen MR) is 60.4 cm³/mol. The molecule has 0 bridgehead atoms. The van der Waals surface area contributed by atoms with Gasteiger partial charge in [0.15, 0.2) is 0 Å². The molecule has 0 aromatic rings. The van der Waals surface area contributed by atoms with Crippen molar-refractivity contribution >= 4 is 5.91 Å². The number of rotatable bonds is 3. The number of nitrogens with zero attached hydrogens (tertiary/aromatic N) is 1. The van der Waals surface area contributed by atoms with E-state index in [1.54, 1.807) is 11.9 Å². The highest BCUT2D eigenvalue weighted by Crippen LogP contribution is 2.50. The van der Waals surface area contributed by atoms with Crippen molar-refractivity contribution in [3.05, 3.63) is 0 Å². The molecule has 0 saturated carbocycles. The maximum Gasteiger partial charge on any atom is 0.226 e. The van der Waals surface area contributed by atoms with Gasteiger partial charge in [0.2, 0.25) is 5.91 Å². The molecule has 15 heavy (non-hydrogen) atoms. The Kier molecular flexibility index (Phi) is 3.15. The van der Waals surface area contributed by atoms with Crippen LogP contribution < -0.4 is 0 Å². The quantitative estimate of drug-likeness (QED) is 0.774. The van der Waals surface area contributed by atoms with Crippen LogP contribution in [0.3, 0.4) is 0 Å². The maximum atomic E-state index is 12.1. The number of hydrogen-bond acceptors (Lipinski definition) is 2. The molecule has 0 aliphatic carbocycles. The van der Waals surface area contributed by atoms with Crippen LogP contribution in [0.1, 0.15) is 40.5 Å². The van der Waals surface area contributed by atoms with E-state index in [2.05, 4.69) is 20.8 Å². The number of hydrogen-bond donors (Lipinski definition) is 1. The third-order valence-electron chi connectivity index (χ3n) is 4.51. The molecule has 1 aliphatic rings. The van der Waals surface area contributed by atoms with Crippen molar-refractivity contribution < 1.29 is 9.90 Å². The van der Waals surface area contributed by atoms with E-state index in [4.69, 9.17) is 0 Å². The fourth-order valence-electron chi connectivity index (χ4n) is 2.68. The Morgan fingerprint density at radius 3 is 2.27 bits per heavy atom. The SMILES string of the molecule is CCCC1C(=O)N(C)C(C)(CO)C1(C)C. The van der Waals surface area contributed by atoms with E-state index in [0.717, 1.165) is 12.8 Å². The average Bonchev–Trinajstić information content (AvgIpc) is 2.32. The van der Waals surface area contributed by atoms with Crippen molar-refractivity contribution in [2.75, 3.05) is 13.7 Å². The van der Waals surface area contributed by atoms with Gasteiger partial charge in [-0.2, -0.15) is 0 Å². The summed E-state index contributed by atoms with van der Waals surface area (Å²) in [5.41, 5.74) is -0.590. The van der Waals surface area contributed by atoms with Crippen LogP contribution in [0.15, 0.2) is 0 Å². The molecule has 3 nitrogen and oxygen atoms in total. The van der Waals surface area contributed by atoms with Crippen LogP contribution >= 0.6 is 0 Å². The topological polar surface area (TPSA) is 40.5 Å². The van der Waals surface area contributed by atoms with Gasteiger partial charge in [0.05, 0.1) is 12.1 Å². The van der Waals surface area contributed by atoms with Gasteiger partial charge in [0.25, 0.3) is 0 Å². The molecular weight excluding hydrogens is 190 g/mol. The lowest BCUT2D eigenvalue weighted by molar-refractivity contribution is -0.133. The largest absolute Gasteiger partial charge is 0.394 e. The highest BCUT2D eigenvalue weighted by atomic mass is 16.3. The Labute approximate surface area is 92.5 Å². The molecular formula is C12H23NO2. The first kappa shape index (κ1) is 12.5. The second kappa shape index (κ2) is 3.78. The molecule has 0 aromatic carbocycles. The van der Waals surface area contributed by atoms with Gasteiger partial charge in [-0.05, 0) is 13.3 Å². The van der Waals surface area contributed by atoms with E-state index < -0.39 is 5.54 Å². The van der Waals surface area contributed by atoms with Gasteiger partial charge < -0.3 is 10.0 Å². The smallest absolute Gasteiger partial charge is 0.226 e. The minimum absolute atomic E-state index is 0.0302. The summed E-state index contributed by atoms with van der Waals surface area (Å²) in [5.74, 6) is 0.225. The Morgan fingerprint density at radius 1 is 1.40 bits per heavy atom. The normalized spacial score (nSPS) is 34.9. The molecule has 0 radical (unpaired) electrons. The highest BCUT2D eigenvalue weighted by molar-refractivity contribution is 5.83. The van der Waals surface area contributed by atoms with Gasteiger partial charge >= 0.3 is 0 Å². The second-order valence-corrected chi connectivity index (χ2v) is 5.39. The summed E-state index contributed by atoms with van der Waals surface area (Å²) in [7, 11) is 1.80. The van der Waals surface area contributed by atoms with Gasteiger partial charge in [-0.25, -0.2) is 0 Å². The van der Waals surface area contributed by atoms with Crippen molar-refractivity contribution in [2.45, 2.75) is 46.1 Å². The second-order valence-electron chi connectivity index (χ2n) is 5.39. The van der Waals surface area contributed by atoms with Crippen molar-refractivity contribution in [2.24, 2.45) is 11.3 Å². The number of carbonyl (C=O) groups excluding carboxylic acids is 1. The van der Waals surface area contributed by atoms with E-state index in [0.29, 0.717) is 0 Å². The van der Waals surface area contributed by atoms with Crippen LogP contribution in [0, 0.1) is 11.3 Å². The summed E-state index contributed by atoms with van der Waals surface area (Å²) in [6, 6.07) is 0. The Bertz CT molecular complexity index is 262.